The van der Waals surface area contributed by atoms with Crippen molar-refractivity contribution >= 4 is 92.5 Å². The minimum atomic E-state index is -4.56. The van der Waals surface area contributed by atoms with Gasteiger partial charge in [0.05, 0.1) is 38.1 Å². The van der Waals surface area contributed by atoms with Gasteiger partial charge in [-0.25, -0.2) is 26.9 Å². The second kappa shape index (κ2) is 15.2. The second-order valence-corrected chi connectivity index (χ2v) is 17.8. The zero-order valence-electron chi connectivity index (χ0n) is 28.1. The van der Waals surface area contributed by atoms with Gasteiger partial charge in [-0.3, -0.25) is 13.2 Å². The molecule has 0 radical (unpaired) electrons. The number of rotatable bonds is 12. The molecule has 19 heteroatoms. The molecule has 0 aromatic heterocycles. The second-order valence-electron chi connectivity index (χ2n) is 11.7. The highest BCUT2D eigenvalue weighted by Crippen LogP contribution is 2.31. The predicted molar refractivity (Wildman–Crippen MR) is 205 cm³/mol. The molecule has 0 unspecified atom stereocenters. The number of carbonyl (C=O) groups excluding carboxylic acids is 1. The maximum atomic E-state index is 13.6. The maximum Gasteiger partial charge on any atom is 0.323 e. The van der Waals surface area contributed by atoms with Gasteiger partial charge in [0.2, 0.25) is 0 Å². The Hall–Kier alpha value is -5.25. The van der Waals surface area contributed by atoms with Crippen LogP contribution >= 0.6 is 12.0 Å². The number of fused-ring (bicyclic) bond motifs is 2. The Morgan fingerprint density at radius 2 is 1.07 bits per heavy atom. The summed E-state index contributed by atoms with van der Waals surface area (Å²) in [5.74, 6) is 0. The van der Waals surface area contributed by atoms with Crippen LogP contribution < -0.4 is 19.2 Å². The Labute approximate surface area is 314 Å². The van der Waals surface area contributed by atoms with Crippen molar-refractivity contribution < 1.29 is 49.2 Å². The van der Waals surface area contributed by atoms with Gasteiger partial charge in [-0.15, -0.1) is 4.33 Å². The molecule has 280 valence electrons. The molecule has 54 heavy (non-hydrogen) atoms. The van der Waals surface area contributed by atoms with Crippen molar-refractivity contribution in [3.8, 4) is 0 Å². The van der Waals surface area contributed by atoms with Gasteiger partial charge in [0, 0.05) is 30.4 Å². The topological polar surface area (TPSA) is 209 Å². The molecule has 0 fully saturated rings. The van der Waals surface area contributed by atoms with Gasteiger partial charge in [0.25, 0.3) is 30.2 Å². The molecule has 15 nitrogen and oxygen atoms in total. The lowest BCUT2D eigenvalue weighted by atomic mass is 10.1. The molecule has 0 spiro atoms. The summed E-state index contributed by atoms with van der Waals surface area (Å²) < 4.78 is 93.1. The van der Waals surface area contributed by atoms with Crippen LogP contribution in [-0.2, 0) is 39.5 Å². The van der Waals surface area contributed by atoms with Crippen molar-refractivity contribution in [3.63, 3.8) is 0 Å². The summed E-state index contributed by atoms with van der Waals surface area (Å²) >= 11 is 0.693. The third-order valence-corrected chi connectivity index (χ3v) is 13.3. The lowest BCUT2D eigenvalue weighted by Crippen LogP contribution is -2.26. The molecule has 6 aromatic rings. The molecule has 0 atom stereocenters. The molecule has 2 amide bonds. The highest BCUT2D eigenvalue weighted by atomic mass is 32.2. The highest BCUT2D eigenvalue weighted by molar-refractivity contribution is 7.94. The number of carbonyl (C=O) groups is 1. The van der Waals surface area contributed by atoms with Crippen LogP contribution in [0.2, 0.25) is 0 Å². The van der Waals surface area contributed by atoms with Crippen LogP contribution in [0.15, 0.2) is 141 Å². The molecule has 0 saturated carbocycles. The Bertz CT molecular complexity index is 2750. The minimum Gasteiger partial charge on any atom is -0.308 e. The SMILES string of the molecule is CN(c1cccc(SOOO)c1)S(=O)(=O)c1ccc2ccc(NC(=O)Nc3ccc4ccc(S(=O)(=O)N(C)c5cccc(S(=O)(=O)O)c5)cc4c3)cc2c1. The number of hydrogen-bond donors (Lipinski definition) is 4. The lowest BCUT2D eigenvalue weighted by Gasteiger charge is -2.20. The first-order valence-electron chi connectivity index (χ1n) is 15.5. The van der Waals surface area contributed by atoms with Crippen molar-refractivity contribution in [3.05, 3.63) is 121 Å². The molecular weight excluding hydrogens is 781 g/mol. The fraction of sp³-hybridized carbons (Fsp3) is 0.0571. The van der Waals surface area contributed by atoms with Crippen molar-refractivity contribution in [2.24, 2.45) is 0 Å². The summed E-state index contributed by atoms with van der Waals surface area (Å²) in [4.78, 5) is 13.0. The van der Waals surface area contributed by atoms with Gasteiger partial charge >= 0.3 is 6.03 Å². The maximum absolute atomic E-state index is 13.6. The van der Waals surface area contributed by atoms with Crippen molar-refractivity contribution in [1.29, 1.82) is 0 Å². The average molecular weight is 811 g/mol. The molecule has 0 saturated heterocycles. The van der Waals surface area contributed by atoms with E-state index in [9.17, 15) is 34.6 Å². The Morgan fingerprint density at radius 3 is 1.57 bits per heavy atom. The summed E-state index contributed by atoms with van der Waals surface area (Å²) in [6.07, 6.45) is 0. The van der Waals surface area contributed by atoms with Gasteiger partial charge in [-0.05, 0) is 106 Å². The van der Waals surface area contributed by atoms with Crippen LogP contribution in [0.25, 0.3) is 21.5 Å². The summed E-state index contributed by atoms with van der Waals surface area (Å²) in [5, 5.41) is 19.9. The first-order valence-corrected chi connectivity index (χ1v) is 20.6. The number of nitrogens with zero attached hydrogens (tertiary/aromatic N) is 2. The van der Waals surface area contributed by atoms with E-state index in [-0.39, 0.29) is 15.5 Å². The smallest absolute Gasteiger partial charge is 0.308 e. The largest absolute Gasteiger partial charge is 0.323 e. The van der Waals surface area contributed by atoms with Crippen LogP contribution in [0, 0.1) is 0 Å². The third-order valence-electron chi connectivity index (χ3n) is 8.28. The summed E-state index contributed by atoms with van der Waals surface area (Å²) in [5.41, 5.74) is 1.06. The fourth-order valence-electron chi connectivity index (χ4n) is 5.44. The van der Waals surface area contributed by atoms with Crippen molar-refractivity contribution in [1.82, 2.24) is 0 Å². The molecule has 0 bridgehead atoms. The normalized spacial score (nSPS) is 12.1. The lowest BCUT2D eigenvalue weighted by molar-refractivity contribution is -0.432. The van der Waals surface area contributed by atoms with Crippen LogP contribution in [0.5, 0.6) is 0 Å². The predicted octanol–water partition coefficient (Wildman–Crippen LogP) is 6.96. The average Bonchev–Trinajstić information content (AvgIpc) is 3.15. The van der Waals surface area contributed by atoms with Crippen LogP contribution in [0.4, 0.5) is 27.5 Å². The van der Waals surface area contributed by atoms with Gasteiger partial charge in [-0.2, -0.15) is 8.42 Å². The molecule has 0 heterocycles. The number of hydrogen-bond acceptors (Lipinski definition) is 11. The van der Waals surface area contributed by atoms with Crippen molar-refractivity contribution in [2.45, 2.75) is 19.6 Å². The summed E-state index contributed by atoms with van der Waals surface area (Å²) in [6, 6.07) is 29.6. The Morgan fingerprint density at radius 1 is 0.593 bits per heavy atom. The Kier molecular flexibility index (Phi) is 10.9. The number of urea groups is 1. The van der Waals surface area contributed by atoms with Crippen LogP contribution in [0.1, 0.15) is 0 Å². The van der Waals surface area contributed by atoms with E-state index in [4.69, 9.17) is 5.26 Å². The summed E-state index contributed by atoms with van der Waals surface area (Å²) in [6.45, 7) is 0. The van der Waals surface area contributed by atoms with Crippen LogP contribution in [-0.4, -0.2) is 55.2 Å². The molecule has 0 aliphatic rings. The number of nitrogens with one attached hydrogen (secondary N) is 2. The number of benzene rings is 6. The third kappa shape index (κ3) is 8.27. The number of sulfonamides is 2. The van der Waals surface area contributed by atoms with E-state index >= 15 is 0 Å². The number of amides is 2. The highest BCUT2D eigenvalue weighted by Gasteiger charge is 2.24. The standard InChI is InChI=1S/C35H30N4O11S4/c1-38(29-5-3-7-31(21-29)51-50-49-41)52(42,43)32-15-11-23-9-13-27(17-25(23)19-32)36-35(40)37-28-14-10-24-12-16-33(20-26(24)18-28)53(44,45)39(2)30-6-4-8-34(22-30)54(46,47)48/h3-22,41H,1-2H3,(H2,36,37,40)(H,46,47,48). The molecule has 0 aliphatic carbocycles. The van der Waals surface area contributed by atoms with Crippen LogP contribution in [0.3, 0.4) is 0 Å². The van der Waals surface area contributed by atoms with E-state index in [1.807, 2.05) is 0 Å². The molecule has 0 aliphatic heterocycles. The zero-order valence-corrected chi connectivity index (χ0v) is 31.4. The quantitative estimate of drug-likeness (QED) is 0.0428. The fourth-order valence-corrected chi connectivity index (χ4v) is 8.82. The zero-order chi connectivity index (χ0) is 38.8. The van der Waals surface area contributed by atoms with Crippen molar-refractivity contribution in [2.75, 3.05) is 33.3 Å². The monoisotopic (exact) mass is 810 g/mol. The van der Waals surface area contributed by atoms with E-state index < -0.39 is 41.1 Å². The molecule has 6 rings (SSSR count). The van der Waals surface area contributed by atoms with Gasteiger partial charge in [-0.1, -0.05) is 41.4 Å². The minimum absolute atomic E-state index is 0.00228. The first-order chi connectivity index (χ1) is 25.6. The van der Waals surface area contributed by atoms with E-state index in [2.05, 4.69) is 20.0 Å². The van der Waals surface area contributed by atoms with E-state index in [0.29, 0.717) is 50.2 Å². The Balaban J connectivity index is 1.18. The number of anilines is 4. The molecule has 4 N–H and O–H groups in total. The van der Waals surface area contributed by atoms with Gasteiger partial charge < -0.3 is 10.6 Å². The first kappa shape index (κ1) is 38.5. The van der Waals surface area contributed by atoms with E-state index in [1.165, 1.54) is 56.6 Å². The van der Waals surface area contributed by atoms with Gasteiger partial charge in [0.1, 0.15) is 0 Å². The molecular formula is C35H30N4O11S4. The van der Waals surface area contributed by atoms with Gasteiger partial charge in [0.15, 0.2) is 0 Å². The molecule has 6 aromatic carbocycles. The van der Waals surface area contributed by atoms with E-state index in [1.54, 1.807) is 66.7 Å². The van der Waals surface area contributed by atoms with E-state index in [0.717, 1.165) is 26.1 Å². The summed E-state index contributed by atoms with van der Waals surface area (Å²) in [7, 11) is -10.1.